The maximum absolute atomic E-state index is 13.7. The standard InChI is InChI=1S/C26H25F2N3O3/c1-17(19-9-6-10-21(15-19)30-25(33)18-7-4-3-5-8-18)31(2)24(32)13-14-29-26(34)22-12-11-20(27)16-23(22)28/h3-12,15-17H,13-14H2,1-2H3,(H,29,34)(H,30,33). The zero-order valence-electron chi connectivity index (χ0n) is 18.8. The molecule has 0 radical (unpaired) electrons. The van der Waals surface area contributed by atoms with E-state index < -0.39 is 17.5 Å². The van der Waals surface area contributed by atoms with Crippen LogP contribution < -0.4 is 10.6 Å². The van der Waals surface area contributed by atoms with Crippen LogP contribution in [0.25, 0.3) is 0 Å². The number of rotatable bonds is 8. The number of carbonyl (C=O) groups excluding carboxylic acids is 3. The van der Waals surface area contributed by atoms with Gasteiger partial charge in [0.15, 0.2) is 0 Å². The van der Waals surface area contributed by atoms with E-state index in [-0.39, 0.29) is 36.4 Å². The lowest BCUT2D eigenvalue weighted by atomic mass is 10.1. The number of nitrogens with zero attached hydrogens (tertiary/aromatic N) is 1. The Morgan fingerprint density at radius 3 is 2.35 bits per heavy atom. The highest BCUT2D eigenvalue weighted by Gasteiger charge is 2.19. The minimum Gasteiger partial charge on any atom is -0.351 e. The molecule has 0 bridgehead atoms. The van der Waals surface area contributed by atoms with Crippen molar-refractivity contribution in [2.45, 2.75) is 19.4 Å². The molecule has 0 aromatic heterocycles. The van der Waals surface area contributed by atoms with Crippen LogP contribution in [0.2, 0.25) is 0 Å². The Morgan fingerprint density at radius 1 is 0.912 bits per heavy atom. The summed E-state index contributed by atoms with van der Waals surface area (Å²) in [7, 11) is 1.64. The fraction of sp³-hybridized carbons (Fsp3) is 0.192. The molecule has 1 atom stereocenters. The van der Waals surface area contributed by atoms with Crippen LogP contribution in [0.4, 0.5) is 14.5 Å². The average molecular weight is 466 g/mol. The van der Waals surface area contributed by atoms with E-state index >= 15 is 0 Å². The Morgan fingerprint density at radius 2 is 1.65 bits per heavy atom. The Bertz CT molecular complexity index is 1180. The first-order valence-electron chi connectivity index (χ1n) is 10.7. The predicted molar refractivity (Wildman–Crippen MR) is 125 cm³/mol. The molecule has 2 N–H and O–H groups in total. The zero-order chi connectivity index (χ0) is 24.7. The van der Waals surface area contributed by atoms with Crippen LogP contribution >= 0.6 is 0 Å². The van der Waals surface area contributed by atoms with E-state index in [1.165, 1.54) is 4.90 Å². The van der Waals surface area contributed by atoms with Gasteiger partial charge in [0, 0.05) is 37.3 Å². The lowest BCUT2D eigenvalue weighted by molar-refractivity contribution is -0.131. The van der Waals surface area contributed by atoms with Gasteiger partial charge in [-0.25, -0.2) is 8.78 Å². The van der Waals surface area contributed by atoms with E-state index in [1.54, 1.807) is 49.5 Å². The van der Waals surface area contributed by atoms with Gasteiger partial charge in [-0.05, 0) is 48.9 Å². The fourth-order valence-electron chi connectivity index (χ4n) is 3.34. The highest BCUT2D eigenvalue weighted by atomic mass is 19.1. The summed E-state index contributed by atoms with van der Waals surface area (Å²) in [5, 5.41) is 5.32. The lowest BCUT2D eigenvalue weighted by Gasteiger charge is -2.26. The second kappa shape index (κ2) is 11.2. The van der Waals surface area contributed by atoms with Crippen molar-refractivity contribution in [3.63, 3.8) is 0 Å². The van der Waals surface area contributed by atoms with Gasteiger partial charge < -0.3 is 15.5 Å². The molecule has 34 heavy (non-hydrogen) atoms. The van der Waals surface area contributed by atoms with Crippen LogP contribution in [0.5, 0.6) is 0 Å². The molecule has 0 saturated heterocycles. The van der Waals surface area contributed by atoms with Crippen LogP contribution in [0.15, 0.2) is 72.8 Å². The summed E-state index contributed by atoms with van der Waals surface area (Å²) in [5.41, 5.74) is 1.67. The van der Waals surface area contributed by atoms with Crippen molar-refractivity contribution >= 4 is 23.4 Å². The molecule has 0 spiro atoms. The van der Waals surface area contributed by atoms with Gasteiger partial charge in [0.1, 0.15) is 11.6 Å². The normalized spacial score (nSPS) is 11.4. The van der Waals surface area contributed by atoms with Crippen molar-refractivity contribution in [1.82, 2.24) is 10.2 Å². The number of anilines is 1. The Balaban J connectivity index is 1.55. The van der Waals surface area contributed by atoms with E-state index in [4.69, 9.17) is 0 Å². The summed E-state index contributed by atoms with van der Waals surface area (Å²) >= 11 is 0. The van der Waals surface area contributed by atoms with Gasteiger partial charge >= 0.3 is 0 Å². The molecule has 0 aliphatic carbocycles. The first kappa shape index (κ1) is 24.6. The SMILES string of the molecule is CC(c1cccc(NC(=O)c2ccccc2)c1)N(C)C(=O)CCNC(=O)c1ccc(F)cc1F. The minimum atomic E-state index is -0.964. The minimum absolute atomic E-state index is 0.000171. The summed E-state index contributed by atoms with van der Waals surface area (Å²) < 4.78 is 26.7. The number of halogens is 2. The molecule has 3 rings (SSSR count). The van der Waals surface area contributed by atoms with E-state index in [0.717, 1.165) is 17.7 Å². The Kier molecular flexibility index (Phi) is 8.08. The summed E-state index contributed by atoms with van der Waals surface area (Å²) in [6.45, 7) is 1.85. The first-order chi connectivity index (χ1) is 16.3. The van der Waals surface area contributed by atoms with Crippen molar-refractivity contribution in [2.75, 3.05) is 18.9 Å². The lowest BCUT2D eigenvalue weighted by Crippen LogP contribution is -2.34. The van der Waals surface area contributed by atoms with Crippen molar-refractivity contribution in [1.29, 1.82) is 0 Å². The van der Waals surface area contributed by atoms with Crippen LogP contribution in [0.3, 0.4) is 0 Å². The molecule has 176 valence electrons. The molecule has 0 aliphatic heterocycles. The predicted octanol–water partition coefficient (Wildman–Crippen LogP) is 4.56. The van der Waals surface area contributed by atoms with Crippen LogP contribution in [0, 0.1) is 11.6 Å². The molecule has 1 unspecified atom stereocenters. The van der Waals surface area contributed by atoms with Crippen molar-refractivity contribution < 1.29 is 23.2 Å². The van der Waals surface area contributed by atoms with Gasteiger partial charge in [-0.2, -0.15) is 0 Å². The van der Waals surface area contributed by atoms with E-state index in [2.05, 4.69) is 10.6 Å². The van der Waals surface area contributed by atoms with Crippen LogP contribution in [0.1, 0.15) is 45.7 Å². The summed E-state index contributed by atoms with van der Waals surface area (Å²) in [5.74, 6) is -2.92. The third-order valence-electron chi connectivity index (χ3n) is 5.44. The molecular formula is C26H25F2N3O3. The smallest absolute Gasteiger partial charge is 0.255 e. The monoisotopic (exact) mass is 465 g/mol. The average Bonchev–Trinajstić information content (AvgIpc) is 2.83. The number of amides is 3. The molecule has 0 heterocycles. The molecule has 8 heteroatoms. The number of hydrogen-bond donors (Lipinski definition) is 2. The van der Waals surface area contributed by atoms with E-state index in [9.17, 15) is 23.2 Å². The Labute approximate surface area is 196 Å². The molecule has 3 aromatic rings. The fourth-order valence-corrected chi connectivity index (χ4v) is 3.34. The Hall–Kier alpha value is -4.07. The van der Waals surface area contributed by atoms with Gasteiger partial charge in [-0.1, -0.05) is 30.3 Å². The molecule has 6 nitrogen and oxygen atoms in total. The largest absolute Gasteiger partial charge is 0.351 e. The molecule has 0 saturated carbocycles. The third kappa shape index (κ3) is 6.25. The molecule has 0 aliphatic rings. The van der Waals surface area contributed by atoms with Gasteiger partial charge in [0.25, 0.3) is 11.8 Å². The number of benzene rings is 3. The highest BCUT2D eigenvalue weighted by Crippen LogP contribution is 2.23. The van der Waals surface area contributed by atoms with E-state index in [0.29, 0.717) is 17.3 Å². The third-order valence-corrected chi connectivity index (χ3v) is 5.44. The topological polar surface area (TPSA) is 78.5 Å². The molecule has 3 amide bonds. The summed E-state index contributed by atoms with van der Waals surface area (Å²) in [6.07, 6.45) is -0.000171. The van der Waals surface area contributed by atoms with Crippen molar-refractivity contribution in [3.8, 4) is 0 Å². The van der Waals surface area contributed by atoms with Crippen molar-refractivity contribution in [2.24, 2.45) is 0 Å². The maximum Gasteiger partial charge on any atom is 0.255 e. The van der Waals surface area contributed by atoms with Gasteiger partial charge in [-0.3, -0.25) is 14.4 Å². The molecule has 3 aromatic carbocycles. The van der Waals surface area contributed by atoms with E-state index in [1.807, 2.05) is 19.1 Å². The zero-order valence-corrected chi connectivity index (χ0v) is 18.8. The maximum atomic E-state index is 13.7. The quantitative estimate of drug-likeness (QED) is 0.512. The van der Waals surface area contributed by atoms with Crippen LogP contribution in [-0.4, -0.2) is 36.2 Å². The van der Waals surface area contributed by atoms with Crippen LogP contribution in [-0.2, 0) is 4.79 Å². The number of hydrogen-bond acceptors (Lipinski definition) is 3. The second-order valence-corrected chi connectivity index (χ2v) is 7.76. The summed E-state index contributed by atoms with van der Waals surface area (Å²) in [4.78, 5) is 38.6. The van der Waals surface area contributed by atoms with Gasteiger partial charge in [-0.15, -0.1) is 0 Å². The highest BCUT2D eigenvalue weighted by molar-refractivity contribution is 6.04. The van der Waals surface area contributed by atoms with Gasteiger partial charge in [0.2, 0.25) is 5.91 Å². The summed E-state index contributed by atoms with van der Waals surface area (Å²) in [6, 6.07) is 18.4. The molecular weight excluding hydrogens is 440 g/mol. The molecule has 0 fully saturated rings. The number of carbonyl (C=O) groups is 3. The van der Waals surface area contributed by atoms with Crippen molar-refractivity contribution in [3.05, 3.63) is 101 Å². The number of nitrogens with one attached hydrogen (secondary N) is 2. The second-order valence-electron chi connectivity index (χ2n) is 7.76. The first-order valence-corrected chi connectivity index (χ1v) is 10.7. The van der Waals surface area contributed by atoms with Gasteiger partial charge in [0.05, 0.1) is 11.6 Å².